The van der Waals surface area contributed by atoms with Crippen LogP contribution in [0.4, 0.5) is 10.1 Å². The highest BCUT2D eigenvalue weighted by atomic mass is 35.5. The Morgan fingerprint density at radius 1 is 1.05 bits per heavy atom. The number of nitrogens with one attached hydrogen (secondary N) is 2. The fraction of sp³-hybridized carbons (Fsp3) is 0.103. The quantitative estimate of drug-likeness (QED) is 0.254. The third-order valence-electron chi connectivity index (χ3n) is 6.08. The summed E-state index contributed by atoms with van der Waals surface area (Å²) >= 11 is 19.1. The Hall–Kier alpha value is -4.18. The number of benzodiazepines with no additional fused rings is 1. The number of aromatic nitrogens is 1. The van der Waals surface area contributed by atoms with Gasteiger partial charge in [0, 0.05) is 21.7 Å². The molecule has 3 aromatic carbocycles. The van der Waals surface area contributed by atoms with Crippen molar-refractivity contribution in [3.05, 3.63) is 116 Å². The topological polar surface area (TPSA) is 102 Å². The van der Waals surface area contributed by atoms with E-state index in [2.05, 4.69) is 20.6 Å². The number of hydrogen-bond donors (Lipinski definition) is 2. The minimum absolute atomic E-state index is 0.0159. The van der Waals surface area contributed by atoms with Crippen LogP contribution in [0.3, 0.4) is 0 Å². The van der Waals surface area contributed by atoms with Gasteiger partial charge < -0.3 is 20.1 Å². The van der Waals surface area contributed by atoms with E-state index in [9.17, 15) is 14.0 Å². The van der Waals surface area contributed by atoms with Gasteiger partial charge in [0.05, 0.1) is 34.8 Å². The summed E-state index contributed by atoms with van der Waals surface area (Å²) in [5.74, 6) is -1.87. The van der Waals surface area contributed by atoms with Crippen LogP contribution in [0.25, 0.3) is 0 Å². The second kappa shape index (κ2) is 12.1. The minimum Gasteiger partial charge on any atom is -0.496 e. The third kappa shape index (κ3) is 6.12. The number of methoxy groups -OCH3 is 1. The zero-order chi connectivity index (χ0) is 29.1. The van der Waals surface area contributed by atoms with Gasteiger partial charge in [-0.3, -0.25) is 9.59 Å². The Morgan fingerprint density at radius 2 is 1.76 bits per heavy atom. The molecule has 0 saturated heterocycles. The second-order valence-electron chi connectivity index (χ2n) is 8.74. The number of amides is 2. The standard InChI is InChI=1S/C29H20Cl3FN4O4/c1-40-23-9-5-2-6-15(23)14-41-29-19(12-17(33)13-34-29)27(38)37-26-28(39)35-22-8-4-3-7-18(22)25(36-26)24-20(31)10-16(30)11-21(24)32/h2-13,26H,14H2,1H3,(H,35,39)(H,37,38). The van der Waals surface area contributed by atoms with Gasteiger partial charge >= 0.3 is 0 Å². The van der Waals surface area contributed by atoms with Gasteiger partial charge in [0.1, 0.15) is 23.7 Å². The van der Waals surface area contributed by atoms with Crippen molar-refractivity contribution in [3.8, 4) is 11.6 Å². The van der Waals surface area contributed by atoms with Gasteiger partial charge in [-0.2, -0.15) is 0 Å². The molecule has 8 nitrogen and oxygen atoms in total. The molecule has 1 aromatic heterocycles. The van der Waals surface area contributed by atoms with E-state index >= 15 is 0 Å². The number of carbonyl (C=O) groups is 2. The molecule has 1 atom stereocenters. The van der Waals surface area contributed by atoms with E-state index in [1.165, 1.54) is 19.2 Å². The smallest absolute Gasteiger partial charge is 0.269 e. The second-order valence-corrected chi connectivity index (χ2v) is 9.99. The Bertz CT molecular complexity index is 1680. The van der Waals surface area contributed by atoms with Gasteiger partial charge in [-0.15, -0.1) is 0 Å². The highest BCUT2D eigenvalue weighted by Crippen LogP contribution is 2.34. The summed E-state index contributed by atoms with van der Waals surface area (Å²) < 4.78 is 25.3. The summed E-state index contributed by atoms with van der Waals surface area (Å²) in [6.07, 6.45) is -0.539. The van der Waals surface area contributed by atoms with Crippen LogP contribution in [-0.4, -0.2) is 35.8 Å². The van der Waals surface area contributed by atoms with Crippen LogP contribution in [-0.2, 0) is 11.4 Å². The molecule has 0 saturated carbocycles. The summed E-state index contributed by atoms with van der Waals surface area (Å²) in [7, 11) is 1.52. The molecule has 1 aliphatic rings. The third-order valence-corrected chi connectivity index (χ3v) is 6.89. The van der Waals surface area contributed by atoms with E-state index in [-0.39, 0.29) is 33.8 Å². The van der Waals surface area contributed by atoms with Crippen molar-refractivity contribution in [1.82, 2.24) is 10.3 Å². The molecule has 0 fully saturated rings. The Labute approximate surface area is 249 Å². The summed E-state index contributed by atoms with van der Waals surface area (Å²) in [6, 6.07) is 17.9. The van der Waals surface area contributed by atoms with E-state index in [0.717, 1.165) is 12.3 Å². The number of carbonyl (C=O) groups excluding carboxylic acids is 2. The van der Waals surface area contributed by atoms with Crippen molar-refractivity contribution in [3.63, 3.8) is 0 Å². The highest BCUT2D eigenvalue weighted by Gasteiger charge is 2.30. The lowest BCUT2D eigenvalue weighted by atomic mass is 10.0. The first-order valence-corrected chi connectivity index (χ1v) is 13.2. The number of rotatable bonds is 7. The Balaban J connectivity index is 1.50. The van der Waals surface area contributed by atoms with E-state index in [1.807, 2.05) is 0 Å². The molecule has 5 rings (SSSR count). The van der Waals surface area contributed by atoms with Crippen LogP contribution >= 0.6 is 34.8 Å². The monoisotopic (exact) mass is 612 g/mol. The van der Waals surface area contributed by atoms with E-state index in [0.29, 0.717) is 33.1 Å². The van der Waals surface area contributed by atoms with Crippen LogP contribution in [0.15, 0.2) is 77.9 Å². The lowest BCUT2D eigenvalue weighted by molar-refractivity contribution is -0.117. The number of fused-ring (bicyclic) bond motifs is 1. The summed E-state index contributed by atoms with van der Waals surface area (Å²) in [4.78, 5) is 35.1. The van der Waals surface area contributed by atoms with Crippen LogP contribution < -0.4 is 20.1 Å². The van der Waals surface area contributed by atoms with E-state index in [4.69, 9.17) is 44.3 Å². The van der Waals surface area contributed by atoms with Gasteiger partial charge in [-0.1, -0.05) is 71.2 Å². The summed E-state index contributed by atoms with van der Waals surface area (Å²) in [6.45, 7) is -0.0159. The lowest BCUT2D eigenvalue weighted by Gasteiger charge is -2.16. The van der Waals surface area contributed by atoms with Crippen LogP contribution in [0, 0.1) is 5.82 Å². The first kappa shape index (κ1) is 28.4. The van der Waals surface area contributed by atoms with Crippen molar-refractivity contribution in [2.75, 3.05) is 12.4 Å². The fourth-order valence-electron chi connectivity index (χ4n) is 4.20. The average molecular weight is 614 g/mol. The summed E-state index contributed by atoms with van der Waals surface area (Å²) in [5, 5.41) is 5.98. The van der Waals surface area contributed by atoms with Gasteiger partial charge in [0.15, 0.2) is 0 Å². The van der Waals surface area contributed by atoms with Crippen molar-refractivity contribution in [2.24, 2.45) is 4.99 Å². The van der Waals surface area contributed by atoms with E-state index < -0.39 is 23.8 Å². The SMILES string of the molecule is COc1ccccc1COc1ncc(F)cc1C(=O)NC1N=C(c2c(Cl)cc(Cl)cc2Cl)c2ccccc2NC1=O. The predicted octanol–water partition coefficient (Wildman–Crippen LogP) is 6.31. The molecule has 41 heavy (non-hydrogen) atoms. The first-order chi connectivity index (χ1) is 19.7. The van der Waals surface area contributed by atoms with Gasteiger partial charge in [0.25, 0.3) is 11.8 Å². The van der Waals surface area contributed by atoms with Gasteiger partial charge in [-0.25, -0.2) is 14.4 Å². The Kier molecular flexibility index (Phi) is 8.39. The number of nitrogens with zero attached hydrogens (tertiary/aromatic N) is 2. The number of anilines is 1. The number of hydrogen-bond acceptors (Lipinski definition) is 6. The molecule has 0 aliphatic carbocycles. The lowest BCUT2D eigenvalue weighted by Crippen LogP contribution is -2.42. The summed E-state index contributed by atoms with van der Waals surface area (Å²) in [5.41, 5.74) is 1.92. The minimum atomic E-state index is -1.46. The van der Waals surface area contributed by atoms with Crippen LogP contribution in [0.1, 0.15) is 27.0 Å². The predicted molar refractivity (Wildman–Crippen MR) is 155 cm³/mol. The zero-order valence-electron chi connectivity index (χ0n) is 21.3. The van der Waals surface area contributed by atoms with Gasteiger partial charge in [0.2, 0.25) is 12.0 Å². The largest absolute Gasteiger partial charge is 0.496 e. The maximum absolute atomic E-state index is 14.2. The van der Waals surface area contributed by atoms with Crippen LogP contribution in [0.2, 0.25) is 15.1 Å². The molecule has 208 valence electrons. The van der Waals surface area contributed by atoms with Crippen LogP contribution in [0.5, 0.6) is 11.6 Å². The number of para-hydroxylation sites is 2. The number of benzene rings is 3. The molecule has 12 heteroatoms. The fourth-order valence-corrected chi connectivity index (χ4v) is 5.19. The highest BCUT2D eigenvalue weighted by molar-refractivity contribution is 6.44. The molecule has 0 spiro atoms. The molecule has 2 amide bonds. The molecule has 0 bridgehead atoms. The molecular weight excluding hydrogens is 594 g/mol. The van der Waals surface area contributed by atoms with Crippen molar-refractivity contribution in [1.29, 1.82) is 0 Å². The molecule has 4 aromatic rings. The number of pyridine rings is 1. The van der Waals surface area contributed by atoms with E-state index in [1.54, 1.807) is 48.5 Å². The molecule has 1 aliphatic heterocycles. The Morgan fingerprint density at radius 3 is 2.51 bits per heavy atom. The van der Waals surface area contributed by atoms with Crippen molar-refractivity contribution < 1.29 is 23.5 Å². The number of halogens is 4. The molecule has 1 unspecified atom stereocenters. The maximum atomic E-state index is 14.2. The molecule has 2 heterocycles. The van der Waals surface area contributed by atoms with Crippen molar-refractivity contribution >= 4 is 58.0 Å². The number of aliphatic imine (C=N–C) groups is 1. The van der Waals surface area contributed by atoms with Crippen molar-refractivity contribution in [2.45, 2.75) is 12.8 Å². The number of ether oxygens (including phenoxy) is 2. The molecular formula is C29H20Cl3FN4O4. The average Bonchev–Trinajstić information content (AvgIpc) is 3.08. The van der Waals surface area contributed by atoms with Gasteiger partial charge in [-0.05, 0) is 30.3 Å². The maximum Gasteiger partial charge on any atom is 0.269 e. The first-order valence-electron chi connectivity index (χ1n) is 12.1. The normalized spacial score (nSPS) is 14.3. The zero-order valence-corrected chi connectivity index (χ0v) is 23.5. The molecule has 2 N–H and O–H groups in total. The molecule has 0 radical (unpaired) electrons.